The lowest BCUT2D eigenvalue weighted by Crippen LogP contribution is -2.62. The van der Waals surface area contributed by atoms with Gasteiger partial charge in [0.15, 0.2) is 0 Å². The first kappa shape index (κ1) is 20.2. The maximum atomic E-state index is 12.9. The van der Waals surface area contributed by atoms with E-state index in [1.807, 2.05) is 42.5 Å². The number of carbonyl (C=O) groups excluding carboxylic acids is 3. The number of nitrogens with zero attached hydrogens (tertiary/aromatic N) is 1. The van der Waals surface area contributed by atoms with E-state index in [-0.39, 0.29) is 6.61 Å². The highest BCUT2D eigenvalue weighted by Crippen LogP contribution is 2.22. The summed E-state index contributed by atoms with van der Waals surface area (Å²) in [5.74, 6) is -1.84. The number of hydrogen-bond acceptors (Lipinski definition) is 4. The Hall–Kier alpha value is -3.15. The first-order valence-corrected chi connectivity index (χ1v) is 8.69. The van der Waals surface area contributed by atoms with Crippen molar-refractivity contribution in [2.24, 2.45) is 0 Å². The summed E-state index contributed by atoms with van der Waals surface area (Å²) in [6.45, 7) is 3.13. The van der Waals surface area contributed by atoms with Crippen LogP contribution in [0.4, 0.5) is 0 Å². The van der Waals surface area contributed by atoms with Crippen molar-refractivity contribution in [3.8, 4) is 11.1 Å². The predicted molar refractivity (Wildman–Crippen MR) is 103 cm³/mol. The third kappa shape index (κ3) is 4.00. The number of hydrogen-bond donors (Lipinski definition) is 1. The molecule has 2 aromatic rings. The molecule has 0 radical (unpaired) electrons. The Morgan fingerprint density at radius 1 is 1.00 bits per heavy atom. The predicted octanol–water partition coefficient (Wildman–Crippen LogP) is 2.49. The van der Waals surface area contributed by atoms with E-state index in [2.05, 4.69) is 5.32 Å². The molecule has 2 amide bonds. The highest BCUT2D eigenvalue weighted by Gasteiger charge is 2.48. The zero-order valence-electron chi connectivity index (χ0n) is 16.0. The second-order valence-electron chi connectivity index (χ2n) is 6.18. The van der Waals surface area contributed by atoms with Gasteiger partial charge in [-0.2, -0.15) is 0 Å². The van der Waals surface area contributed by atoms with Crippen LogP contribution in [-0.4, -0.2) is 48.9 Å². The second kappa shape index (κ2) is 8.49. The SMILES string of the molecule is CCOC(=O)C(C)(C(=O)NC)N(C)C(=O)c1ccc(-c2ccccc2)cc1. The zero-order valence-corrected chi connectivity index (χ0v) is 16.0. The van der Waals surface area contributed by atoms with Crippen LogP contribution in [0.2, 0.25) is 0 Å². The number of amides is 2. The molecule has 0 aliphatic rings. The summed E-state index contributed by atoms with van der Waals surface area (Å²) in [6, 6.07) is 16.8. The third-order valence-electron chi connectivity index (χ3n) is 4.56. The van der Waals surface area contributed by atoms with Crippen LogP contribution in [0.1, 0.15) is 24.2 Å². The number of nitrogens with one attached hydrogen (secondary N) is 1. The van der Waals surface area contributed by atoms with Crippen molar-refractivity contribution >= 4 is 17.8 Å². The van der Waals surface area contributed by atoms with Gasteiger partial charge in [-0.3, -0.25) is 9.59 Å². The fourth-order valence-electron chi connectivity index (χ4n) is 2.73. The van der Waals surface area contributed by atoms with E-state index in [9.17, 15) is 14.4 Å². The second-order valence-corrected chi connectivity index (χ2v) is 6.18. The molecule has 142 valence electrons. The number of likely N-dealkylation sites (N-methyl/N-ethyl adjacent to an activating group) is 2. The van der Waals surface area contributed by atoms with E-state index in [1.54, 1.807) is 19.1 Å². The summed E-state index contributed by atoms with van der Waals surface area (Å²) in [5, 5.41) is 2.43. The van der Waals surface area contributed by atoms with Crippen LogP contribution in [-0.2, 0) is 14.3 Å². The van der Waals surface area contributed by atoms with Crippen molar-refractivity contribution in [3.05, 3.63) is 60.2 Å². The molecule has 0 aliphatic carbocycles. The molecule has 0 fully saturated rings. The highest BCUT2D eigenvalue weighted by atomic mass is 16.5. The van der Waals surface area contributed by atoms with Crippen LogP contribution in [0.25, 0.3) is 11.1 Å². The topological polar surface area (TPSA) is 75.7 Å². The summed E-state index contributed by atoms with van der Waals surface area (Å²) in [5.41, 5.74) is 0.609. The number of carbonyl (C=O) groups is 3. The lowest BCUT2D eigenvalue weighted by atomic mass is 9.97. The van der Waals surface area contributed by atoms with Gasteiger partial charge in [-0.1, -0.05) is 42.5 Å². The molecule has 0 saturated heterocycles. The molecule has 2 rings (SSSR count). The standard InChI is InChI=1S/C21H24N2O4/c1-5-27-20(26)21(2,19(25)22-3)23(4)18(24)17-13-11-16(12-14-17)15-9-7-6-8-10-15/h6-14H,5H2,1-4H3,(H,22,25). The maximum Gasteiger partial charge on any atom is 0.341 e. The van der Waals surface area contributed by atoms with Gasteiger partial charge in [-0.05, 0) is 37.1 Å². The van der Waals surface area contributed by atoms with Gasteiger partial charge in [0.2, 0.25) is 5.54 Å². The number of rotatable bonds is 6. The van der Waals surface area contributed by atoms with E-state index in [4.69, 9.17) is 4.74 Å². The van der Waals surface area contributed by atoms with E-state index in [1.165, 1.54) is 21.0 Å². The van der Waals surface area contributed by atoms with Gasteiger partial charge in [0.1, 0.15) is 0 Å². The lowest BCUT2D eigenvalue weighted by Gasteiger charge is -2.34. The minimum atomic E-state index is -1.76. The van der Waals surface area contributed by atoms with Crippen molar-refractivity contribution in [2.45, 2.75) is 19.4 Å². The van der Waals surface area contributed by atoms with Crippen molar-refractivity contribution in [1.29, 1.82) is 0 Å². The molecule has 1 N–H and O–H groups in total. The third-order valence-corrected chi connectivity index (χ3v) is 4.56. The van der Waals surface area contributed by atoms with E-state index in [0.29, 0.717) is 5.56 Å². The lowest BCUT2D eigenvalue weighted by molar-refractivity contribution is -0.159. The molecule has 1 unspecified atom stereocenters. The first-order valence-electron chi connectivity index (χ1n) is 8.69. The smallest absolute Gasteiger partial charge is 0.341 e. The van der Waals surface area contributed by atoms with Crippen LogP contribution >= 0.6 is 0 Å². The number of benzene rings is 2. The van der Waals surface area contributed by atoms with Crippen molar-refractivity contribution < 1.29 is 19.1 Å². The van der Waals surface area contributed by atoms with Crippen molar-refractivity contribution in [1.82, 2.24) is 10.2 Å². The highest BCUT2D eigenvalue weighted by molar-refractivity contribution is 6.11. The first-order chi connectivity index (χ1) is 12.9. The molecule has 0 bridgehead atoms. The number of esters is 1. The average molecular weight is 368 g/mol. The van der Waals surface area contributed by atoms with E-state index in [0.717, 1.165) is 16.0 Å². The van der Waals surface area contributed by atoms with E-state index >= 15 is 0 Å². The summed E-state index contributed by atoms with van der Waals surface area (Å²) < 4.78 is 5.02. The van der Waals surface area contributed by atoms with Crippen LogP contribution in [0, 0.1) is 0 Å². The molecular formula is C21H24N2O4. The fourth-order valence-corrected chi connectivity index (χ4v) is 2.73. The molecule has 6 nitrogen and oxygen atoms in total. The largest absolute Gasteiger partial charge is 0.464 e. The Balaban J connectivity index is 2.31. The monoisotopic (exact) mass is 368 g/mol. The summed E-state index contributed by atoms with van der Waals surface area (Å²) in [7, 11) is 2.83. The molecule has 0 spiro atoms. The molecule has 0 aromatic heterocycles. The van der Waals surface area contributed by atoms with Gasteiger partial charge < -0.3 is 15.0 Å². The minimum absolute atomic E-state index is 0.110. The quantitative estimate of drug-likeness (QED) is 0.628. The van der Waals surface area contributed by atoms with Crippen LogP contribution in [0.15, 0.2) is 54.6 Å². The molecule has 2 aromatic carbocycles. The molecule has 27 heavy (non-hydrogen) atoms. The summed E-state index contributed by atoms with van der Waals surface area (Å²) >= 11 is 0. The minimum Gasteiger partial charge on any atom is -0.464 e. The molecular weight excluding hydrogens is 344 g/mol. The Morgan fingerprint density at radius 2 is 1.56 bits per heavy atom. The summed E-state index contributed by atoms with van der Waals surface area (Å²) in [4.78, 5) is 38.8. The normalized spacial score (nSPS) is 12.6. The Kier molecular flexibility index (Phi) is 6.34. The van der Waals surface area contributed by atoms with Gasteiger partial charge in [-0.15, -0.1) is 0 Å². The van der Waals surface area contributed by atoms with Gasteiger partial charge in [0.25, 0.3) is 11.8 Å². The summed E-state index contributed by atoms with van der Waals surface area (Å²) in [6.07, 6.45) is 0. The Morgan fingerprint density at radius 3 is 2.07 bits per heavy atom. The molecule has 6 heteroatoms. The van der Waals surface area contributed by atoms with Crippen LogP contribution < -0.4 is 5.32 Å². The van der Waals surface area contributed by atoms with E-state index < -0.39 is 23.3 Å². The number of ether oxygens (including phenoxy) is 1. The van der Waals surface area contributed by atoms with Crippen molar-refractivity contribution in [3.63, 3.8) is 0 Å². The molecule has 0 heterocycles. The zero-order chi connectivity index (χ0) is 20.0. The molecule has 0 aliphatic heterocycles. The molecule has 1 atom stereocenters. The Labute approximate surface area is 159 Å². The van der Waals surface area contributed by atoms with Gasteiger partial charge in [0, 0.05) is 19.7 Å². The van der Waals surface area contributed by atoms with Crippen LogP contribution in [0.3, 0.4) is 0 Å². The van der Waals surface area contributed by atoms with Gasteiger partial charge in [0.05, 0.1) is 6.61 Å². The Bertz CT molecular complexity index is 818. The fraction of sp³-hybridized carbons (Fsp3) is 0.286. The van der Waals surface area contributed by atoms with Gasteiger partial charge in [-0.25, -0.2) is 4.79 Å². The maximum absolute atomic E-state index is 12.9. The average Bonchev–Trinajstić information content (AvgIpc) is 2.72. The van der Waals surface area contributed by atoms with Crippen LogP contribution in [0.5, 0.6) is 0 Å². The molecule has 0 saturated carbocycles. The van der Waals surface area contributed by atoms with Crippen molar-refractivity contribution in [2.75, 3.05) is 20.7 Å². The van der Waals surface area contributed by atoms with Gasteiger partial charge >= 0.3 is 5.97 Å².